The lowest BCUT2D eigenvalue weighted by atomic mass is 9.92. The maximum Gasteiger partial charge on any atom is 0.294 e. The maximum absolute atomic E-state index is 13.4. The summed E-state index contributed by atoms with van der Waals surface area (Å²) >= 11 is 0. The molecule has 1 amide bonds. The fourth-order valence-electron chi connectivity index (χ4n) is 3.19. The van der Waals surface area contributed by atoms with Crippen molar-refractivity contribution in [3.05, 3.63) is 77.3 Å². The molecule has 0 bridgehead atoms. The van der Waals surface area contributed by atoms with E-state index in [9.17, 15) is 19.1 Å². The molecule has 0 saturated heterocycles. The Balaban J connectivity index is 2.13. The number of amides is 1. The van der Waals surface area contributed by atoms with E-state index in [1.807, 2.05) is 19.9 Å². The number of hydrogen-bond acceptors (Lipinski definition) is 3. The van der Waals surface area contributed by atoms with E-state index in [4.69, 9.17) is 0 Å². The molecule has 2 aromatic carbocycles. The predicted molar refractivity (Wildman–Crippen MR) is 97.2 cm³/mol. The normalized spacial score (nSPS) is 17.3. The number of anilines is 1. The zero-order valence-electron chi connectivity index (χ0n) is 14.6. The van der Waals surface area contributed by atoms with E-state index in [0.717, 1.165) is 0 Å². The molecule has 1 heterocycles. The topological polar surface area (TPSA) is 57.6 Å². The fourth-order valence-corrected chi connectivity index (χ4v) is 3.19. The molecule has 4 nitrogen and oxygen atoms in total. The van der Waals surface area contributed by atoms with Crippen LogP contribution in [0.5, 0.6) is 0 Å². The summed E-state index contributed by atoms with van der Waals surface area (Å²) in [5.41, 5.74) is 1.20. The first kappa shape index (κ1) is 17.9. The molecule has 1 aliphatic rings. The second-order valence-corrected chi connectivity index (χ2v) is 6.75. The average Bonchev–Trinajstić information content (AvgIpc) is 2.87. The quantitative estimate of drug-likeness (QED) is 0.870. The first-order chi connectivity index (χ1) is 12.4. The van der Waals surface area contributed by atoms with Gasteiger partial charge in [-0.05, 0) is 35.7 Å². The summed E-state index contributed by atoms with van der Waals surface area (Å²) in [4.78, 5) is 26.9. The van der Waals surface area contributed by atoms with E-state index in [1.54, 1.807) is 24.3 Å². The molecule has 0 spiro atoms. The Bertz CT molecular complexity index is 857. The summed E-state index contributed by atoms with van der Waals surface area (Å²) in [5, 5.41) is 10.5. The van der Waals surface area contributed by atoms with Crippen LogP contribution in [0.4, 0.5) is 10.1 Å². The van der Waals surface area contributed by atoms with Crippen LogP contribution in [-0.2, 0) is 9.59 Å². The van der Waals surface area contributed by atoms with Crippen molar-refractivity contribution in [1.29, 1.82) is 0 Å². The van der Waals surface area contributed by atoms with Gasteiger partial charge in [0.1, 0.15) is 5.82 Å². The average molecular weight is 353 g/mol. The molecule has 1 atom stereocenters. The Morgan fingerprint density at radius 1 is 1.12 bits per heavy atom. The molecule has 1 unspecified atom stereocenters. The number of benzene rings is 2. The molecule has 3 rings (SSSR count). The van der Waals surface area contributed by atoms with Gasteiger partial charge in [0.25, 0.3) is 5.91 Å². The highest BCUT2D eigenvalue weighted by Gasteiger charge is 2.44. The summed E-state index contributed by atoms with van der Waals surface area (Å²) in [5.74, 6) is -1.77. The molecule has 0 radical (unpaired) electrons. The number of aliphatic hydroxyl groups excluding tert-OH is 1. The van der Waals surface area contributed by atoms with Gasteiger partial charge in [-0.1, -0.05) is 44.2 Å². The molecule has 26 heavy (non-hydrogen) atoms. The molecular weight excluding hydrogens is 333 g/mol. The Kier molecular flexibility index (Phi) is 4.89. The first-order valence-corrected chi connectivity index (χ1v) is 8.50. The highest BCUT2D eigenvalue weighted by molar-refractivity contribution is 6.16. The van der Waals surface area contributed by atoms with Crippen molar-refractivity contribution in [2.75, 3.05) is 4.90 Å². The van der Waals surface area contributed by atoms with Gasteiger partial charge >= 0.3 is 0 Å². The van der Waals surface area contributed by atoms with E-state index < -0.39 is 23.5 Å². The minimum absolute atomic E-state index is 0.0687. The van der Waals surface area contributed by atoms with Gasteiger partial charge in [-0.25, -0.2) is 4.39 Å². The van der Waals surface area contributed by atoms with Crippen LogP contribution in [0.1, 0.15) is 31.9 Å². The molecule has 0 aromatic heterocycles. The van der Waals surface area contributed by atoms with Crippen molar-refractivity contribution < 1.29 is 19.1 Å². The standard InChI is InChI=1S/C21H20FNO3/c1-13(2)12-17(24)18-19(14-8-10-15(22)11-9-14)23(21(26)20(18)25)16-6-4-3-5-7-16/h3-11,13,19,25H,12H2,1-2H3. The van der Waals surface area contributed by atoms with E-state index in [1.165, 1.54) is 29.2 Å². The number of para-hydroxylation sites is 1. The number of carbonyl (C=O) groups excluding carboxylic acids is 2. The maximum atomic E-state index is 13.4. The SMILES string of the molecule is CC(C)CC(=O)C1=C(O)C(=O)N(c2ccccc2)C1c1ccc(F)cc1. The van der Waals surface area contributed by atoms with Crippen LogP contribution < -0.4 is 4.90 Å². The zero-order chi connectivity index (χ0) is 18.8. The van der Waals surface area contributed by atoms with Crippen LogP contribution in [-0.4, -0.2) is 16.8 Å². The number of aliphatic hydroxyl groups is 1. The van der Waals surface area contributed by atoms with E-state index in [2.05, 4.69) is 0 Å². The number of halogens is 1. The zero-order valence-corrected chi connectivity index (χ0v) is 14.6. The fraction of sp³-hybridized carbons (Fsp3) is 0.238. The monoisotopic (exact) mass is 353 g/mol. The number of nitrogens with zero attached hydrogens (tertiary/aromatic N) is 1. The molecule has 5 heteroatoms. The number of Topliss-reactive ketones (excluding diaryl/α,β-unsaturated/α-hetero) is 1. The van der Waals surface area contributed by atoms with Crippen molar-refractivity contribution in [2.24, 2.45) is 5.92 Å². The molecule has 0 fully saturated rings. The molecule has 0 saturated carbocycles. The summed E-state index contributed by atoms with van der Waals surface area (Å²) in [6.07, 6.45) is 0.215. The third-order valence-electron chi connectivity index (χ3n) is 4.32. The predicted octanol–water partition coefficient (Wildman–Crippen LogP) is 4.34. The van der Waals surface area contributed by atoms with E-state index in [0.29, 0.717) is 11.3 Å². The lowest BCUT2D eigenvalue weighted by Crippen LogP contribution is -2.31. The minimum Gasteiger partial charge on any atom is -0.503 e. The third-order valence-corrected chi connectivity index (χ3v) is 4.32. The van der Waals surface area contributed by atoms with Crippen LogP contribution in [0.15, 0.2) is 65.9 Å². The summed E-state index contributed by atoms with van der Waals surface area (Å²) in [6, 6.07) is 13.7. The molecule has 2 aromatic rings. The summed E-state index contributed by atoms with van der Waals surface area (Å²) in [6.45, 7) is 3.79. The Morgan fingerprint density at radius 2 is 1.73 bits per heavy atom. The largest absolute Gasteiger partial charge is 0.503 e. The van der Waals surface area contributed by atoms with E-state index >= 15 is 0 Å². The van der Waals surface area contributed by atoms with Crippen molar-refractivity contribution in [3.8, 4) is 0 Å². The van der Waals surface area contributed by atoms with Crippen LogP contribution in [0.3, 0.4) is 0 Å². The number of carbonyl (C=O) groups is 2. The van der Waals surface area contributed by atoms with Crippen molar-refractivity contribution >= 4 is 17.4 Å². The minimum atomic E-state index is -0.781. The first-order valence-electron chi connectivity index (χ1n) is 8.50. The van der Waals surface area contributed by atoms with E-state index in [-0.39, 0.29) is 23.7 Å². The van der Waals surface area contributed by atoms with Gasteiger partial charge in [0.05, 0.1) is 11.6 Å². The van der Waals surface area contributed by atoms with Gasteiger partial charge in [0.15, 0.2) is 11.5 Å². The van der Waals surface area contributed by atoms with Gasteiger partial charge in [-0.15, -0.1) is 0 Å². The van der Waals surface area contributed by atoms with Gasteiger partial charge < -0.3 is 5.11 Å². The lowest BCUT2D eigenvalue weighted by Gasteiger charge is -2.27. The number of hydrogen-bond donors (Lipinski definition) is 1. The van der Waals surface area contributed by atoms with Gasteiger partial charge in [-0.3, -0.25) is 14.5 Å². The van der Waals surface area contributed by atoms with Crippen molar-refractivity contribution in [3.63, 3.8) is 0 Å². The molecular formula is C21H20FNO3. The van der Waals surface area contributed by atoms with Crippen LogP contribution in [0.2, 0.25) is 0 Å². The summed E-state index contributed by atoms with van der Waals surface area (Å²) < 4.78 is 13.4. The third kappa shape index (κ3) is 3.25. The second-order valence-electron chi connectivity index (χ2n) is 6.75. The highest BCUT2D eigenvalue weighted by Crippen LogP contribution is 2.41. The highest BCUT2D eigenvalue weighted by atomic mass is 19.1. The lowest BCUT2D eigenvalue weighted by molar-refractivity contribution is -0.118. The van der Waals surface area contributed by atoms with Crippen molar-refractivity contribution in [1.82, 2.24) is 0 Å². The van der Waals surface area contributed by atoms with Gasteiger partial charge in [0, 0.05) is 12.1 Å². The van der Waals surface area contributed by atoms with Gasteiger partial charge in [-0.2, -0.15) is 0 Å². The molecule has 1 aliphatic heterocycles. The smallest absolute Gasteiger partial charge is 0.294 e. The Hall–Kier alpha value is -2.95. The van der Waals surface area contributed by atoms with Crippen molar-refractivity contribution in [2.45, 2.75) is 26.3 Å². The molecule has 0 aliphatic carbocycles. The summed E-state index contributed by atoms with van der Waals surface area (Å²) in [7, 11) is 0. The second kappa shape index (κ2) is 7.12. The van der Waals surface area contributed by atoms with Crippen LogP contribution in [0, 0.1) is 11.7 Å². The Morgan fingerprint density at radius 3 is 2.31 bits per heavy atom. The molecule has 1 N–H and O–H groups in total. The van der Waals surface area contributed by atoms with Crippen LogP contribution in [0.25, 0.3) is 0 Å². The van der Waals surface area contributed by atoms with Gasteiger partial charge in [0.2, 0.25) is 0 Å². The number of ketones is 1. The van der Waals surface area contributed by atoms with Crippen LogP contribution >= 0.6 is 0 Å². The Labute approximate surface area is 151 Å². The number of rotatable bonds is 5. The molecule has 134 valence electrons.